The summed E-state index contributed by atoms with van der Waals surface area (Å²) in [4.78, 5) is 11.8. The van der Waals surface area contributed by atoms with E-state index in [9.17, 15) is 4.79 Å². The minimum atomic E-state index is -0.122. The molecule has 0 aliphatic heterocycles. The Labute approximate surface area is 132 Å². The van der Waals surface area contributed by atoms with Gasteiger partial charge in [0.1, 0.15) is 0 Å². The number of hydrogen-bond acceptors (Lipinski definition) is 2. The summed E-state index contributed by atoms with van der Waals surface area (Å²) in [6.07, 6.45) is 0.361. The van der Waals surface area contributed by atoms with Crippen molar-refractivity contribution in [2.75, 3.05) is 11.9 Å². The van der Waals surface area contributed by atoms with E-state index in [2.05, 4.69) is 26.6 Å². The zero-order valence-electron chi connectivity index (χ0n) is 11.1. The highest BCUT2D eigenvalue weighted by Crippen LogP contribution is 2.33. The van der Waals surface area contributed by atoms with E-state index in [0.717, 1.165) is 4.47 Å². The van der Waals surface area contributed by atoms with Gasteiger partial charge in [-0.1, -0.05) is 39.1 Å². The largest absolute Gasteiger partial charge is 0.324 e. The first-order chi connectivity index (χ1) is 8.69. The van der Waals surface area contributed by atoms with Crippen LogP contribution in [0.25, 0.3) is 0 Å². The summed E-state index contributed by atoms with van der Waals surface area (Å²) < 4.78 is 0.773. The third kappa shape index (κ3) is 6.13. The quantitative estimate of drug-likeness (QED) is 0.824. The molecule has 0 radical (unpaired) electrons. The van der Waals surface area contributed by atoms with Gasteiger partial charge in [0.15, 0.2) is 0 Å². The van der Waals surface area contributed by atoms with Crippen LogP contribution < -0.4 is 10.6 Å². The number of amides is 1. The van der Waals surface area contributed by atoms with Gasteiger partial charge in [-0.05, 0) is 32.9 Å². The van der Waals surface area contributed by atoms with E-state index < -0.39 is 0 Å². The van der Waals surface area contributed by atoms with Gasteiger partial charge in [-0.3, -0.25) is 4.79 Å². The van der Waals surface area contributed by atoms with E-state index in [1.807, 2.05) is 20.8 Å². The van der Waals surface area contributed by atoms with Gasteiger partial charge in [0, 0.05) is 23.0 Å². The molecule has 2 N–H and O–H groups in total. The summed E-state index contributed by atoms with van der Waals surface area (Å²) >= 11 is 15.4. The molecule has 0 spiro atoms. The molecule has 0 fully saturated rings. The van der Waals surface area contributed by atoms with Crippen LogP contribution in [0.1, 0.15) is 27.2 Å². The second-order valence-electron chi connectivity index (χ2n) is 5.22. The Kier molecular flexibility index (Phi) is 6.12. The van der Waals surface area contributed by atoms with Gasteiger partial charge in [0.2, 0.25) is 5.91 Å². The van der Waals surface area contributed by atoms with Gasteiger partial charge < -0.3 is 10.6 Å². The molecule has 0 bridgehead atoms. The summed E-state index contributed by atoms with van der Waals surface area (Å²) in [6, 6.07) is 3.38. The molecule has 106 valence electrons. The monoisotopic (exact) mass is 366 g/mol. The SMILES string of the molecule is CC(C)(C)NCCC(=O)Nc1c(Cl)cc(Br)cc1Cl. The Bertz CT molecular complexity index is 449. The van der Waals surface area contributed by atoms with Crippen LogP contribution in [-0.4, -0.2) is 18.0 Å². The molecule has 0 unspecified atom stereocenters. The zero-order valence-corrected chi connectivity index (χ0v) is 14.2. The highest BCUT2D eigenvalue weighted by Gasteiger charge is 2.13. The van der Waals surface area contributed by atoms with Gasteiger partial charge >= 0.3 is 0 Å². The van der Waals surface area contributed by atoms with Crippen molar-refractivity contribution in [1.29, 1.82) is 0 Å². The van der Waals surface area contributed by atoms with Crippen molar-refractivity contribution in [3.63, 3.8) is 0 Å². The molecule has 1 aromatic carbocycles. The topological polar surface area (TPSA) is 41.1 Å². The van der Waals surface area contributed by atoms with Gasteiger partial charge in [-0.2, -0.15) is 0 Å². The number of anilines is 1. The number of hydrogen-bond donors (Lipinski definition) is 2. The first-order valence-corrected chi connectivity index (χ1v) is 7.43. The predicted octanol–water partition coefficient (Wildman–Crippen LogP) is 4.47. The number of carbonyl (C=O) groups excluding carboxylic acids is 1. The van der Waals surface area contributed by atoms with Crippen molar-refractivity contribution in [2.45, 2.75) is 32.7 Å². The molecule has 1 amide bonds. The van der Waals surface area contributed by atoms with Crippen molar-refractivity contribution < 1.29 is 4.79 Å². The van der Waals surface area contributed by atoms with Crippen LogP contribution >= 0.6 is 39.1 Å². The van der Waals surface area contributed by atoms with Crippen LogP contribution in [-0.2, 0) is 4.79 Å². The molecular weight excluding hydrogens is 351 g/mol. The van der Waals surface area contributed by atoms with Crippen molar-refractivity contribution in [3.8, 4) is 0 Å². The van der Waals surface area contributed by atoms with Gasteiger partial charge in [0.05, 0.1) is 15.7 Å². The fourth-order valence-corrected chi connectivity index (χ4v) is 2.72. The van der Waals surface area contributed by atoms with Crippen LogP contribution in [0.5, 0.6) is 0 Å². The molecule has 1 aromatic rings. The molecule has 3 nitrogen and oxygen atoms in total. The summed E-state index contributed by atoms with van der Waals surface area (Å²) in [7, 11) is 0. The summed E-state index contributed by atoms with van der Waals surface area (Å²) in [5.74, 6) is -0.122. The highest BCUT2D eigenvalue weighted by atomic mass is 79.9. The molecule has 1 rings (SSSR count). The van der Waals surface area contributed by atoms with E-state index in [-0.39, 0.29) is 11.4 Å². The average Bonchev–Trinajstić information content (AvgIpc) is 2.21. The maximum atomic E-state index is 11.8. The molecule has 0 aliphatic carbocycles. The molecule has 0 aliphatic rings. The maximum Gasteiger partial charge on any atom is 0.225 e. The van der Waals surface area contributed by atoms with E-state index in [1.54, 1.807) is 12.1 Å². The molecular formula is C13H17BrCl2N2O. The molecule has 0 atom stereocenters. The summed E-state index contributed by atoms with van der Waals surface area (Å²) in [6.45, 7) is 6.75. The lowest BCUT2D eigenvalue weighted by atomic mass is 10.1. The number of rotatable bonds is 4. The second kappa shape index (κ2) is 6.93. The van der Waals surface area contributed by atoms with Crippen molar-refractivity contribution in [3.05, 3.63) is 26.7 Å². The third-order valence-corrected chi connectivity index (χ3v) is 3.33. The van der Waals surface area contributed by atoms with E-state index >= 15 is 0 Å². The van der Waals surface area contributed by atoms with Crippen LogP contribution in [0.3, 0.4) is 0 Å². The first kappa shape index (κ1) is 16.8. The molecule has 19 heavy (non-hydrogen) atoms. The number of halogens is 3. The smallest absolute Gasteiger partial charge is 0.225 e. The average molecular weight is 368 g/mol. The molecule has 0 saturated carbocycles. The van der Waals surface area contributed by atoms with Gasteiger partial charge in [-0.25, -0.2) is 0 Å². The van der Waals surface area contributed by atoms with E-state index in [4.69, 9.17) is 23.2 Å². The summed E-state index contributed by atoms with van der Waals surface area (Å²) in [5.41, 5.74) is 0.444. The lowest BCUT2D eigenvalue weighted by Crippen LogP contribution is -2.37. The molecule has 0 heterocycles. The normalized spacial score (nSPS) is 11.5. The number of nitrogens with one attached hydrogen (secondary N) is 2. The predicted molar refractivity (Wildman–Crippen MR) is 85.2 cm³/mol. The fourth-order valence-electron chi connectivity index (χ4n) is 1.41. The molecule has 0 saturated heterocycles. The lowest BCUT2D eigenvalue weighted by Gasteiger charge is -2.20. The van der Waals surface area contributed by atoms with Crippen molar-refractivity contribution in [2.24, 2.45) is 0 Å². The zero-order chi connectivity index (χ0) is 14.6. The van der Waals surface area contributed by atoms with Gasteiger partial charge in [-0.15, -0.1) is 0 Å². The Balaban J connectivity index is 2.58. The third-order valence-electron chi connectivity index (χ3n) is 2.28. The van der Waals surface area contributed by atoms with Crippen molar-refractivity contribution in [1.82, 2.24) is 5.32 Å². The standard InChI is InChI=1S/C13H17BrCl2N2O/c1-13(2,3)17-5-4-11(19)18-12-9(15)6-8(14)7-10(12)16/h6-7,17H,4-5H2,1-3H3,(H,18,19). The minimum absolute atomic E-state index is 0.00676. The summed E-state index contributed by atoms with van der Waals surface area (Å²) in [5, 5.41) is 6.80. The van der Waals surface area contributed by atoms with Crippen LogP contribution in [0.4, 0.5) is 5.69 Å². The maximum absolute atomic E-state index is 11.8. The Hall–Kier alpha value is -0.290. The Morgan fingerprint density at radius 1 is 1.26 bits per heavy atom. The van der Waals surface area contributed by atoms with E-state index in [0.29, 0.717) is 28.7 Å². The fraction of sp³-hybridized carbons (Fsp3) is 0.462. The minimum Gasteiger partial charge on any atom is -0.324 e. The Morgan fingerprint density at radius 2 is 1.79 bits per heavy atom. The second-order valence-corrected chi connectivity index (χ2v) is 6.95. The van der Waals surface area contributed by atoms with E-state index in [1.165, 1.54) is 0 Å². The highest BCUT2D eigenvalue weighted by molar-refractivity contribution is 9.10. The number of carbonyl (C=O) groups is 1. The molecule has 6 heteroatoms. The van der Waals surface area contributed by atoms with Crippen LogP contribution in [0.15, 0.2) is 16.6 Å². The first-order valence-electron chi connectivity index (χ1n) is 5.88. The lowest BCUT2D eigenvalue weighted by molar-refractivity contribution is -0.116. The number of benzene rings is 1. The van der Waals surface area contributed by atoms with Crippen LogP contribution in [0, 0.1) is 0 Å². The Morgan fingerprint density at radius 3 is 2.26 bits per heavy atom. The van der Waals surface area contributed by atoms with Crippen LogP contribution in [0.2, 0.25) is 10.0 Å². The van der Waals surface area contributed by atoms with Gasteiger partial charge in [0.25, 0.3) is 0 Å². The molecule has 0 aromatic heterocycles. The van der Waals surface area contributed by atoms with Crippen molar-refractivity contribution >= 4 is 50.7 Å².